The fourth-order valence-electron chi connectivity index (χ4n) is 1.65. The Morgan fingerprint density at radius 1 is 1.00 bits per heavy atom. The average molecular weight is 195 g/mol. The van der Waals surface area contributed by atoms with Crippen molar-refractivity contribution in [1.29, 1.82) is 0 Å². The van der Waals surface area contributed by atoms with E-state index in [9.17, 15) is 0 Å². The molecule has 14 heavy (non-hydrogen) atoms. The fourth-order valence-corrected chi connectivity index (χ4v) is 1.65. The Kier molecular flexibility index (Phi) is 10.6. The van der Waals surface area contributed by atoms with Crippen LogP contribution in [0.5, 0.6) is 0 Å². The van der Waals surface area contributed by atoms with Crippen molar-refractivity contribution in [2.24, 2.45) is 0 Å². The smallest absolute Gasteiger partial charge is 0.0323 e. The minimum atomic E-state index is 1.25. The molecule has 0 amide bonds. The molecule has 0 aromatic heterocycles. The van der Waals surface area contributed by atoms with Gasteiger partial charge in [-0.15, -0.1) is 0 Å². The number of allylic oxidation sites excluding steroid dienone is 1. The first-order valence-electron chi connectivity index (χ1n) is 6.25. The normalized spacial score (nSPS) is 10.4. The van der Waals surface area contributed by atoms with Crippen molar-refractivity contribution in [3.05, 3.63) is 18.6 Å². The molecular weight excluding hydrogens is 168 g/mol. The molecular formula is C14H27. The highest BCUT2D eigenvalue weighted by Crippen LogP contribution is 2.15. The van der Waals surface area contributed by atoms with E-state index in [0.717, 1.165) is 0 Å². The molecule has 0 unspecified atom stereocenters. The highest BCUT2D eigenvalue weighted by molar-refractivity contribution is 4.93. The van der Waals surface area contributed by atoms with Crippen molar-refractivity contribution >= 4 is 0 Å². The minimum Gasteiger partial charge on any atom is -0.0999 e. The van der Waals surface area contributed by atoms with Gasteiger partial charge in [-0.3, -0.25) is 0 Å². The Labute approximate surface area is 90.8 Å². The molecule has 0 atom stereocenters. The molecule has 0 saturated heterocycles. The molecule has 0 rings (SSSR count). The maximum atomic E-state index is 4.14. The van der Waals surface area contributed by atoms with Crippen molar-refractivity contribution in [2.45, 2.75) is 71.6 Å². The zero-order valence-corrected chi connectivity index (χ0v) is 10.1. The van der Waals surface area contributed by atoms with Gasteiger partial charge in [-0.25, -0.2) is 0 Å². The monoisotopic (exact) mass is 195 g/mol. The van der Waals surface area contributed by atoms with Gasteiger partial charge in [-0.05, 0) is 32.1 Å². The Hall–Kier alpha value is -0.260. The van der Waals surface area contributed by atoms with Gasteiger partial charge in [0, 0.05) is 0 Å². The van der Waals surface area contributed by atoms with Crippen LogP contribution >= 0.6 is 0 Å². The van der Waals surface area contributed by atoms with E-state index in [-0.39, 0.29) is 0 Å². The van der Waals surface area contributed by atoms with Crippen molar-refractivity contribution in [3.8, 4) is 0 Å². The predicted molar refractivity (Wildman–Crippen MR) is 66.3 cm³/mol. The van der Waals surface area contributed by atoms with Crippen molar-refractivity contribution in [3.63, 3.8) is 0 Å². The zero-order chi connectivity index (χ0) is 10.6. The van der Waals surface area contributed by atoms with E-state index in [2.05, 4.69) is 26.8 Å². The second kappa shape index (κ2) is 10.8. The standard InChI is InChI=1S/C14H27/c1-4-6-8-10-12-14(3)13-11-9-7-5-2/h4H,3,5-13H2,1-2H3. The molecule has 0 aliphatic heterocycles. The van der Waals surface area contributed by atoms with Gasteiger partial charge in [0.2, 0.25) is 0 Å². The molecule has 0 aliphatic rings. The van der Waals surface area contributed by atoms with E-state index in [1.165, 1.54) is 63.4 Å². The molecule has 0 nitrogen and oxygen atoms in total. The molecule has 0 spiro atoms. The second-order valence-corrected chi connectivity index (χ2v) is 4.21. The summed E-state index contributed by atoms with van der Waals surface area (Å²) in [5.74, 6) is 0. The molecule has 0 heterocycles. The van der Waals surface area contributed by atoms with E-state index in [1.54, 1.807) is 0 Å². The zero-order valence-electron chi connectivity index (χ0n) is 10.1. The molecule has 0 saturated carbocycles. The van der Waals surface area contributed by atoms with Gasteiger partial charge < -0.3 is 0 Å². The van der Waals surface area contributed by atoms with Crippen LogP contribution in [0.4, 0.5) is 0 Å². The molecule has 0 heteroatoms. The number of hydrogen-bond donors (Lipinski definition) is 0. The van der Waals surface area contributed by atoms with Gasteiger partial charge in [0.15, 0.2) is 0 Å². The van der Waals surface area contributed by atoms with E-state index in [1.807, 2.05) is 0 Å². The van der Waals surface area contributed by atoms with Crippen molar-refractivity contribution < 1.29 is 0 Å². The quantitative estimate of drug-likeness (QED) is 0.328. The van der Waals surface area contributed by atoms with Crippen LogP contribution in [-0.2, 0) is 0 Å². The van der Waals surface area contributed by atoms with Crippen LogP contribution in [0, 0.1) is 6.42 Å². The third-order valence-corrected chi connectivity index (χ3v) is 2.66. The predicted octanol–water partition coefficient (Wildman–Crippen LogP) is 5.30. The second-order valence-electron chi connectivity index (χ2n) is 4.21. The Morgan fingerprint density at radius 2 is 1.64 bits per heavy atom. The van der Waals surface area contributed by atoms with E-state index >= 15 is 0 Å². The molecule has 83 valence electrons. The molecule has 0 fully saturated rings. The number of hydrogen-bond acceptors (Lipinski definition) is 0. The largest absolute Gasteiger partial charge is 0.0999 e. The maximum absolute atomic E-state index is 4.14. The number of unbranched alkanes of at least 4 members (excludes halogenated alkanes) is 6. The maximum Gasteiger partial charge on any atom is -0.0323 e. The summed E-state index contributed by atoms with van der Waals surface area (Å²) in [5, 5.41) is 0. The van der Waals surface area contributed by atoms with Gasteiger partial charge in [0.1, 0.15) is 0 Å². The van der Waals surface area contributed by atoms with Crippen LogP contribution in [0.25, 0.3) is 0 Å². The Morgan fingerprint density at radius 3 is 2.21 bits per heavy atom. The molecule has 0 bridgehead atoms. The third kappa shape index (κ3) is 9.83. The molecule has 0 aromatic carbocycles. The van der Waals surface area contributed by atoms with E-state index in [0.29, 0.717) is 0 Å². The Bertz CT molecular complexity index is 110. The summed E-state index contributed by atoms with van der Waals surface area (Å²) in [6.07, 6.45) is 14.2. The summed E-state index contributed by atoms with van der Waals surface area (Å²) in [6.45, 7) is 8.54. The van der Waals surface area contributed by atoms with Crippen LogP contribution in [0.3, 0.4) is 0 Å². The lowest BCUT2D eigenvalue weighted by Gasteiger charge is -2.04. The minimum absolute atomic E-state index is 1.25. The Balaban J connectivity index is 3.11. The summed E-state index contributed by atoms with van der Waals surface area (Å²) < 4.78 is 0. The van der Waals surface area contributed by atoms with Crippen molar-refractivity contribution in [2.75, 3.05) is 0 Å². The highest BCUT2D eigenvalue weighted by Gasteiger charge is 1.95. The van der Waals surface area contributed by atoms with Crippen LogP contribution < -0.4 is 0 Å². The first-order valence-corrected chi connectivity index (χ1v) is 6.25. The molecule has 0 aliphatic carbocycles. The lowest BCUT2D eigenvalue weighted by Crippen LogP contribution is -1.85. The highest BCUT2D eigenvalue weighted by atomic mass is 14.0. The van der Waals surface area contributed by atoms with Crippen LogP contribution in [0.15, 0.2) is 12.2 Å². The van der Waals surface area contributed by atoms with E-state index in [4.69, 9.17) is 0 Å². The summed E-state index contributed by atoms with van der Waals surface area (Å²) in [6, 6.07) is 0. The molecule has 0 N–H and O–H groups in total. The third-order valence-electron chi connectivity index (χ3n) is 2.66. The lowest BCUT2D eigenvalue weighted by molar-refractivity contribution is 0.640. The molecule has 0 aromatic rings. The SMILES string of the molecule is C=C(CCCC[CH]C)CCCCCC. The van der Waals surface area contributed by atoms with Gasteiger partial charge in [-0.1, -0.05) is 58.1 Å². The van der Waals surface area contributed by atoms with Crippen LogP contribution in [0.1, 0.15) is 71.6 Å². The van der Waals surface area contributed by atoms with Crippen molar-refractivity contribution in [1.82, 2.24) is 0 Å². The average Bonchev–Trinajstić information content (AvgIpc) is 2.19. The summed E-state index contributed by atoms with van der Waals surface area (Å²) in [4.78, 5) is 0. The van der Waals surface area contributed by atoms with E-state index < -0.39 is 0 Å². The van der Waals surface area contributed by atoms with Gasteiger partial charge in [0.05, 0.1) is 0 Å². The lowest BCUT2D eigenvalue weighted by atomic mass is 10.0. The van der Waals surface area contributed by atoms with Gasteiger partial charge >= 0.3 is 0 Å². The first kappa shape index (κ1) is 13.7. The summed E-state index contributed by atoms with van der Waals surface area (Å²) >= 11 is 0. The van der Waals surface area contributed by atoms with Gasteiger partial charge in [0.25, 0.3) is 0 Å². The first-order chi connectivity index (χ1) is 6.81. The summed E-state index contributed by atoms with van der Waals surface area (Å²) in [7, 11) is 0. The van der Waals surface area contributed by atoms with Crippen LogP contribution in [0.2, 0.25) is 0 Å². The topological polar surface area (TPSA) is 0 Å². The summed E-state index contributed by atoms with van der Waals surface area (Å²) in [5.41, 5.74) is 1.47. The molecule has 1 radical (unpaired) electrons. The van der Waals surface area contributed by atoms with Crippen LogP contribution in [-0.4, -0.2) is 0 Å². The fraction of sp³-hybridized carbons (Fsp3) is 0.786. The van der Waals surface area contributed by atoms with Gasteiger partial charge in [-0.2, -0.15) is 0 Å². The number of rotatable bonds is 10.